The lowest BCUT2D eigenvalue weighted by molar-refractivity contribution is 0.355. The van der Waals surface area contributed by atoms with Crippen LogP contribution >= 0.6 is 0 Å². The lowest BCUT2D eigenvalue weighted by Gasteiger charge is -2.10. The van der Waals surface area contributed by atoms with Crippen molar-refractivity contribution in [2.75, 3.05) is 21.3 Å². The molecule has 3 aromatic rings. The largest absolute Gasteiger partial charge is 0.507 e. The SMILES string of the molecule is COc1ccc(-c2onc(C)c2-c2ccc(OC)c(OC)c2)c(O)c1.[HH]. The summed E-state index contributed by atoms with van der Waals surface area (Å²) in [6.07, 6.45) is 0. The van der Waals surface area contributed by atoms with Crippen molar-refractivity contribution < 1.29 is 25.3 Å². The first-order valence-electron chi connectivity index (χ1n) is 7.65. The maximum absolute atomic E-state index is 10.3. The molecule has 0 aliphatic heterocycles. The number of aromatic nitrogens is 1. The predicted octanol–water partition coefficient (Wildman–Crippen LogP) is 4.29. The van der Waals surface area contributed by atoms with Crippen LogP contribution in [0.1, 0.15) is 7.12 Å². The first kappa shape index (κ1) is 16.7. The zero-order valence-electron chi connectivity index (χ0n) is 14.5. The van der Waals surface area contributed by atoms with E-state index in [9.17, 15) is 5.11 Å². The van der Waals surface area contributed by atoms with Crippen LogP contribution in [-0.4, -0.2) is 31.6 Å². The Hall–Kier alpha value is -3.15. The van der Waals surface area contributed by atoms with Crippen LogP contribution < -0.4 is 14.2 Å². The smallest absolute Gasteiger partial charge is 0.178 e. The van der Waals surface area contributed by atoms with Gasteiger partial charge in [-0.15, -0.1) is 0 Å². The third-order valence-electron chi connectivity index (χ3n) is 3.98. The number of aryl methyl sites for hydroxylation is 1. The first-order valence-corrected chi connectivity index (χ1v) is 7.65. The van der Waals surface area contributed by atoms with Crippen LogP contribution in [0.5, 0.6) is 23.0 Å². The molecule has 0 saturated heterocycles. The minimum Gasteiger partial charge on any atom is -0.507 e. The summed E-state index contributed by atoms with van der Waals surface area (Å²) in [7, 11) is 4.71. The molecule has 1 heterocycles. The summed E-state index contributed by atoms with van der Waals surface area (Å²) in [5, 5.41) is 14.4. The van der Waals surface area contributed by atoms with Crippen LogP contribution in [0.2, 0.25) is 0 Å². The third kappa shape index (κ3) is 2.98. The van der Waals surface area contributed by atoms with Gasteiger partial charge in [0.15, 0.2) is 17.3 Å². The van der Waals surface area contributed by atoms with E-state index >= 15 is 0 Å². The highest BCUT2D eigenvalue weighted by atomic mass is 16.5. The molecule has 0 fully saturated rings. The molecule has 0 unspecified atom stereocenters. The van der Waals surface area contributed by atoms with Gasteiger partial charge in [-0.1, -0.05) is 11.2 Å². The predicted molar refractivity (Wildman–Crippen MR) is 95.5 cm³/mol. The Morgan fingerprint density at radius 1 is 0.960 bits per heavy atom. The number of methoxy groups -OCH3 is 3. The molecule has 0 bridgehead atoms. The molecule has 0 radical (unpaired) electrons. The molecule has 0 spiro atoms. The lowest BCUT2D eigenvalue weighted by atomic mass is 9.99. The molecule has 1 N–H and O–H groups in total. The number of phenolic OH excluding ortho intramolecular Hbond substituents is 1. The quantitative estimate of drug-likeness (QED) is 0.745. The van der Waals surface area contributed by atoms with E-state index in [-0.39, 0.29) is 7.18 Å². The number of aromatic hydroxyl groups is 1. The number of ether oxygens (including phenoxy) is 3. The maximum atomic E-state index is 10.3. The molecule has 132 valence electrons. The average Bonchev–Trinajstić information content (AvgIpc) is 3.02. The first-order chi connectivity index (χ1) is 12.1. The fourth-order valence-electron chi connectivity index (χ4n) is 2.72. The van der Waals surface area contributed by atoms with Crippen LogP contribution in [0.15, 0.2) is 40.9 Å². The van der Waals surface area contributed by atoms with Gasteiger partial charge in [0.25, 0.3) is 0 Å². The molecule has 3 rings (SSSR count). The number of phenols is 1. The van der Waals surface area contributed by atoms with Gasteiger partial charge in [-0.2, -0.15) is 0 Å². The molecule has 25 heavy (non-hydrogen) atoms. The zero-order chi connectivity index (χ0) is 18.0. The summed E-state index contributed by atoms with van der Waals surface area (Å²) >= 11 is 0. The lowest BCUT2D eigenvalue weighted by Crippen LogP contribution is -1.92. The van der Waals surface area contributed by atoms with Crippen LogP contribution in [0, 0.1) is 6.92 Å². The van der Waals surface area contributed by atoms with E-state index in [4.69, 9.17) is 18.7 Å². The van der Waals surface area contributed by atoms with Crippen LogP contribution in [-0.2, 0) is 0 Å². The van der Waals surface area contributed by atoms with E-state index < -0.39 is 0 Å². The van der Waals surface area contributed by atoms with Gasteiger partial charge in [0.05, 0.1) is 38.2 Å². The summed E-state index contributed by atoms with van der Waals surface area (Å²) in [5.41, 5.74) is 2.87. The third-order valence-corrected chi connectivity index (χ3v) is 3.98. The van der Waals surface area contributed by atoms with Crippen LogP contribution in [0.4, 0.5) is 0 Å². The highest BCUT2D eigenvalue weighted by Crippen LogP contribution is 2.42. The second kappa shape index (κ2) is 6.76. The maximum Gasteiger partial charge on any atom is 0.178 e. The Bertz CT molecular complexity index is 907. The van der Waals surface area contributed by atoms with Crippen molar-refractivity contribution >= 4 is 0 Å². The normalized spacial score (nSPS) is 10.6. The van der Waals surface area contributed by atoms with Crippen molar-refractivity contribution in [1.82, 2.24) is 5.16 Å². The summed E-state index contributed by atoms with van der Waals surface area (Å²) < 4.78 is 21.3. The second-order valence-corrected chi connectivity index (χ2v) is 5.42. The molecule has 6 heteroatoms. The van der Waals surface area contributed by atoms with Gasteiger partial charge in [-0.25, -0.2) is 0 Å². The minimum atomic E-state index is 0. The number of benzene rings is 2. The Morgan fingerprint density at radius 2 is 1.72 bits per heavy atom. The molecule has 0 amide bonds. The fourth-order valence-corrected chi connectivity index (χ4v) is 2.72. The molecule has 1 aromatic heterocycles. The standard InChI is InChI=1S/C19H19NO5.H2/c1-11-18(12-5-8-16(23-3)17(9-12)24-4)19(25-20-11)14-7-6-13(22-2)10-15(14)21;/h5-10,21H,1-4H3;1H. The highest BCUT2D eigenvalue weighted by molar-refractivity contribution is 5.84. The minimum absolute atomic E-state index is 0. The number of nitrogens with zero attached hydrogens (tertiary/aromatic N) is 1. The van der Waals surface area contributed by atoms with E-state index in [1.165, 1.54) is 6.07 Å². The van der Waals surface area contributed by atoms with Gasteiger partial charge in [0, 0.05) is 7.49 Å². The molecule has 6 nitrogen and oxygen atoms in total. The van der Waals surface area contributed by atoms with Crippen molar-refractivity contribution in [1.29, 1.82) is 0 Å². The Morgan fingerprint density at radius 3 is 2.36 bits per heavy atom. The molecule has 0 saturated carbocycles. The molecular weight excluding hydrogens is 322 g/mol. The zero-order valence-corrected chi connectivity index (χ0v) is 14.5. The second-order valence-electron chi connectivity index (χ2n) is 5.42. The van der Waals surface area contributed by atoms with E-state index in [1.54, 1.807) is 33.5 Å². The van der Waals surface area contributed by atoms with Crippen LogP contribution in [0.25, 0.3) is 22.5 Å². The number of rotatable bonds is 5. The van der Waals surface area contributed by atoms with E-state index in [2.05, 4.69) is 5.16 Å². The Labute approximate surface area is 147 Å². The monoisotopic (exact) mass is 343 g/mol. The van der Waals surface area contributed by atoms with Crippen molar-refractivity contribution in [3.05, 3.63) is 42.1 Å². The van der Waals surface area contributed by atoms with Gasteiger partial charge in [-0.05, 0) is 36.8 Å². The number of hydrogen-bond acceptors (Lipinski definition) is 6. The summed E-state index contributed by atoms with van der Waals surface area (Å²) in [6.45, 7) is 1.85. The fraction of sp³-hybridized carbons (Fsp3) is 0.211. The molecule has 0 atom stereocenters. The Balaban J connectivity index is 0.00000243. The van der Waals surface area contributed by atoms with E-state index in [1.807, 2.05) is 25.1 Å². The molecule has 0 aliphatic rings. The van der Waals surface area contributed by atoms with Gasteiger partial charge in [0.2, 0.25) is 0 Å². The van der Waals surface area contributed by atoms with Crippen molar-refractivity contribution in [3.8, 4) is 45.4 Å². The average molecular weight is 343 g/mol. The topological polar surface area (TPSA) is 74.0 Å². The van der Waals surface area contributed by atoms with Crippen molar-refractivity contribution in [2.24, 2.45) is 0 Å². The molecule has 2 aromatic carbocycles. The van der Waals surface area contributed by atoms with E-state index in [0.717, 1.165) is 11.1 Å². The van der Waals surface area contributed by atoms with Gasteiger partial charge in [-0.3, -0.25) is 0 Å². The van der Waals surface area contributed by atoms with Gasteiger partial charge >= 0.3 is 0 Å². The summed E-state index contributed by atoms with van der Waals surface area (Å²) in [4.78, 5) is 0. The summed E-state index contributed by atoms with van der Waals surface area (Å²) in [5.74, 6) is 2.33. The summed E-state index contributed by atoms with van der Waals surface area (Å²) in [6, 6.07) is 10.6. The Kier molecular flexibility index (Phi) is 4.52. The van der Waals surface area contributed by atoms with E-state index in [0.29, 0.717) is 34.3 Å². The number of hydrogen-bond donors (Lipinski definition) is 1. The van der Waals surface area contributed by atoms with Gasteiger partial charge in [0.1, 0.15) is 11.5 Å². The molecular formula is C19H21NO5. The van der Waals surface area contributed by atoms with Gasteiger partial charge < -0.3 is 23.8 Å². The highest BCUT2D eigenvalue weighted by Gasteiger charge is 2.21. The molecule has 0 aliphatic carbocycles. The van der Waals surface area contributed by atoms with Crippen LogP contribution in [0.3, 0.4) is 0 Å². The van der Waals surface area contributed by atoms with Crippen molar-refractivity contribution in [2.45, 2.75) is 6.92 Å². The van der Waals surface area contributed by atoms with Crippen molar-refractivity contribution in [3.63, 3.8) is 0 Å².